The lowest BCUT2D eigenvalue weighted by Crippen LogP contribution is -2.19. The average molecular weight is 235 g/mol. The Morgan fingerprint density at radius 3 is 2.65 bits per heavy atom. The predicted molar refractivity (Wildman–Crippen MR) is 61.1 cm³/mol. The van der Waals surface area contributed by atoms with Gasteiger partial charge in [0.25, 0.3) is 5.56 Å². The summed E-state index contributed by atoms with van der Waals surface area (Å²) >= 11 is 0. The van der Waals surface area contributed by atoms with Crippen molar-refractivity contribution in [3.05, 3.63) is 45.8 Å². The molecule has 0 unspecified atom stereocenters. The fraction of sp³-hybridized carbons (Fsp3) is 0.308. The predicted octanol–water partition coefficient (Wildman–Crippen LogP) is 2.86. The molecular weight excluding hydrogens is 224 g/mol. The zero-order valence-corrected chi connectivity index (χ0v) is 9.31. The smallest absolute Gasteiger partial charge is 0.252 e. The molecule has 0 spiro atoms. The Balaban J connectivity index is 2.37. The highest BCUT2D eigenvalue weighted by Gasteiger charge is 2.41. The normalized spacial score (nSPS) is 17.4. The molecule has 0 aliphatic heterocycles. The second kappa shape index (κ2) is 3.15. The molecule has 0 atom stereocenters. The Hall–Kier alpha value is -1.71. The van der Waals surface area contributed by atoms with Gasteiger partial charge in [-0.05, 0) is 36.5 Å². The number of nitrogens with one attached hydrogen (secondary N) is 1. The van der Waals surface area contributed by atoms with E-state index in [4.69, 9.17) is 0 Å². The zero-order valence-electron chi connectivity index (χ0n) is 9.31. The fourth-order valence-electron chi connectivity index (χ4n) is 2.12. The lowest BCUT2D eigenvalue weighted by molar-refractivity contribution is 0.516. The monoisotopic (exact) mass is 235 g/mol. The molecule has 4 heteroatoms. The second-order valence-corrected chi connectivity index (χ2v) is 4.90. The van der Waals surface area contributed by atoms with E-state index in [0.717, 1.165) is 18.9 Å². The molecule has 0 amide bonds. The van der Waals surface area contributed by atoms with Gasteiger partial charge in [0.2, 0.25) is 0 Å². The highest BCUT2D eigenvalue weighted by Crippen LogP contribution is 2.46. The maximum absolute atomic E-state index is 13.6. The van der Waals surface area contributed by atoms with E-state index < -0.39 is 11.6 Å². The van der Waals surface area contributed by atoms with Crippen LogP contribution in [0.4, 0.5) is 8.78 Å². The molecule has 1 heterocycles. The van der Waals surface area contributed by atoms with E-state index in [0.29, 0.717) is 11.1 Å². The molecule has 1 N–H and O–H groups in total. The van der Waals surface area contributed by atoms with Gasteiger partial charge >= 0.3 is 0 Å². The van der Waals surface area contributed by atoms with Crippen LogP contribution >= 0.6 is 0 Å². The van der Waals surface area contributed by atoms with Crippen LogP contribution < -0.4 is 5.56 Å². The number of halogens is 2. The van der Waals surface area contributed by atoms with E-state index in [1.54, 1.807) is 0 Å². The Morgan fingerprint density at radius 1 is 1.29 bits per heavy atom. The third-order valence-electron chi connectivity index (χ3n) is 3.56. The third-order valence-corrected chi connectivity index (χ3v) is 3.56. The minimum Gasteiger partial charge on any atom is -0.322 e. The summed E-state index contributed by atoms with van der Waals surface area (Å²) in [6, 6.07) is 3.89. The molecule has 0 bridgehead atoms. The van der Waals surface area contributed by atoms with Crippen LogP contribution in [0.2, 0.25) is 0 Å². The summed E-state index contributed by atoms with van der Waals surface area (Å²) in [7, 11) is 0. The number of pyridine rings is 1. The maximum Gasteiger partial charge on any atom is 0.252 e. The maximum atomic E-state index is 13.6. The van der Waals surface area contributed by atoms with Crippen LogP contribution in [-0.4, -0.2) is 4.98 Å². The molecule has 1 aromatic carbocycles. The van der Waals surface area contributed by atoms with Crippen LogP contribution in [0.3, 0.4) is 0 Å². The Bertz CT molecular complexity index is 671. The van der Waals surface area contributed by atoms with Gasteiger partial charge in [-0.3, -0.25) is 4.79 Å². The highest BCUT2D eigenvalue weighted by molar-refractivity contribution is 5.80. The van der Waals surface area contributed by atoms with Crippen molar-refractivity contribution < 1.29 is 8.78 Å². The summed E-state index contributed by atoms with van der Waals surface area (Å²) in [6.45, 7) is 1.96. The van der Waals surface area contributed by atoms with Gasteiger partial charge in [-0.1, -0.05) is 6.92 Å². The molecule has 3 rings (SSSR count). The molecule has 2 aromatic rings. The van der Waals surface area contributed by atoms with E-state index >= 15 is 0 Å². The van der Waals surface area contributed by atoms with Crippen LogP contribution in [0.5, 0.6) is 0 Å². The molecule has 88 valence electrons. The fourth-order valence-corrected chi connectivity index (χ4v) is 2.12. The lowest BCUT2D eigenvalue weighted by Gasteiger charge is -2.09. The van der Waals surface area contributed by atoms with E-state index in [1.807, 2.05) is 6.92 Å². The first-order valence-electron chi connectivity index (χ1n) is 5.53. The lowest BCUT2D eigenvalue weighted by atomic mass is 9.98. The molecule has 0 saturated heterocycles. The summed E-state index contributed by atoms with van der Waals surface area (Å²) in [4.78, 5) is 14.5. The van der Waals surface area contributed by atoms with Crippen molar-refractivity contribution in [2.24, 2.45) is 0 Å². The standard InChI is InChI=1S/C13H11F2NO/c1-13(4-5-13)8-6-7-10(16-12(8)17)3-2-9(14)11(7)15/h2-3,6H,4-5H2,1H3,(H,16,17). The van der Waals surface area contributed by atoms with Crippen LogP contribution in [0, 0.1) is 11.6 Å². The largest absolute Gasteiger partial charge is 0.322 e. The van der Waals surface area contributed by atoms with E-state index in [2.05, 4.69) is 4.98 Å². The summed E-state index contributed by atoms with van der Waals surface area (Å²) in [5.41, 5.74) is 0.514. The van der Waals surface area contributed by atoms with Crippen molar-refractivity contribution in [2.75, 3.05) is 0 Å². The van der Waals surface area contributed by atoms with Crippen molar-refractivity contribution in [3.63, 3.8) is 0 Å². The van der Waals surface area contributed by atoms with Gasteiger partial charge in [0.05, 0.1) is 5.52 Å². The summed E-state index contributed by atoms with van der Waals surface area (Å²) in [6.07, 6.45) is 1.83. The van der Waals surface area contributed by atoms with E-state index in [1.165, 1.54) is 12.1 Å². The minimum atomic E-state index is -0.899. The van der Waals surface area contributed by atoms with Gasteiger partial charge in [-0.2, -0.15) is 0 Å². The SMILES string of the molecule is CC1(c2cc3c(F)c(F)ccc3[nH]c2=O)CC1. The third kappa shape index (κ3) is 1.47. The van der Waals surface area contributed by atoms with Crippen LogP contribution in [0.15, 0.2) is 23.0 Å². The Morgan fingerprint density at radius 2 is 2.00 bits per heavy atom. The second-order valence-electron chi connectivity index (χ2n) is 4.90. The Kier molecular flexibility index (Phi) is 1.94. The van der Waals surface area contributed by atoms with Gasteiger partial charge in [-0.15, -0.1) is 0 Å². The first-order chi connectivity index (χ1) is 8.01. The number of fused-ring (bicyclic) bond motifs is 1. The quantitative estimate of drug-likeness (QED) is 0.810. The van der Waals surface area contributed by atoms with E-state index in [9.17, 15) is 13.6 Å². The number of H-pyrrole nitrogens is 1. The van der Waals surface area contributed by atoms with Crippen molar-refractivity contribution >= 4 is 10.9 Å². The van der Waals surface area contributed by atoms with Crippen LogP contribution in [-0.2, 0) is 5.41 Å². The molecule has 1 aliphatic rings. The highest BCUT2D eigenvalue weighted by atomic mass is 19.2. The molecule has 1 aliphatic carbocycles. The number of aromatic nitrogens is 1. The molecule has 2 nitrogen and oxygen atoms in total. The first-order valence-corrected chi connectivity index (χ1v) is 5.53. The Labute approximate surface area is 96.3 Å². The number of hydrogen-bond donors (Lipinski definition) is 1. The number of rotatable bonds is 1. The first kappa shape index (κ1) is 10.4. The van der Waals surface area contributed by atoms with Gasteiger partial charge < -0.3 is 4.98 Å². The minimum absolute atomic E-state index is 0.146. The number of hydrogen-bond acceptors (Lipinski definition) is 1. The number of aromatic amines is 1. The topological polar surface area (TPSA) is 32.9 Å². The number of benzene rings is 1. The van der Waals surface area contributed by atoms with Crippen molar-refractivity contribution in [1.29, 1.82) is 0 Å². The van der Waals surface area contributed by atoms with Crippen LogP contribution in [0.25, 0.3) is 10.9 Å². The van der Waals surface area contributed by atoms with Gasteiger partial charge in [0, 0.05) is 10.9 Å². The van der Waals surface area contributed by atoms with Gasteiger partial charge in [0.1, 0.15) is 0 Å². The zero-order chi connectivity index (χ0) is 12.2. The molecule has 1 aromatic heterocycles. The summed E-state index contributed by atoms with van der Waals surface area (Å²) < 4.78 is 26.7. The molecule has 1 saturated carbocycles. The van der Waals surface area contributed by atoms with E-state index in [-0.39, 0.29) is 16.4 Å². The van der Waals surface area contributed by atoms with Crippen LogP contribution in [0.1, 0.15) is 25.3 Å². The summed E-state index contributed by atoms with van der Waals surface area (Å²) in [5.74, 6) is -1.79. The molecule has 17 heavy (non-hydrogen) atoms. The molecule has 0 radical (unpaired) electrons. The molecular formula is C13H11F2NO. The van der Waals surface area contributed by atoms with Crippen molar-refractivity contribution in [1.82, 2.24) is 4.98 Å². The molecule has 1 fully saturated rings. The van der Waals surface area contributed by atoms with Crippen molar-refractivity contribution in [2.45, 2.75) is 25.2 Å². The van der Waals surface area contributed by atoms with Gasteiger partial charge in [0.15, 0.2) is 11.6 Å². The average Bonchev–Trinajstić information content (AvgIpc) is 3.02. The van der Waals surface area contributed by atoms with Gasteiger partial charge in [-0.25, -0.2) is 8.78 Å². The summed E-state index contributed by atoms with van der Waals surface area (Å²) in [5, 5.41) is 0.146. The van der Waals surface area contributed by atoms with Crippen molar-refractivity contribution in [3.8, 4) is 0 Å².